The van der Waals surface area contributed by atoms with E-state index in [9.17, 15) is 45.0 Å². The minimum Gasteiger partial charge on any atom is -0.481 e. The average Bonchev–Trinajstić information content (AvgIpc) is 2.99. The Morgan fingerprint density at radius 2 is 1.65 bits per heavy atom. The summed E-state index contributed by atoms with van der Waals surface area (Å²) < 4.78 is 5.70. The van der Waals surface area contributed by atoms with E-state index in [4.69, 9.17) is 4.74 Å². The number of aliphatic hydroxyl groups excluding tert-OH is 4. The monoisotopic (exact) mass is 648 g/mol. The molecule has 6 N–H and O–H groups in total. The number of carboxylic acids is 2. The van der Waals surface area contributed by atoms with Crippen molar-refractivity contribution in [3.05, 3.63) is 11.6 Å². The smallest absolute Gasteiger partial charge is 0.336 e. The first-order chi connectivity index (χ1) is 21.2. The highest BCUT2D eigenvalue weighted by Crippen LogP contribution is 2.76. The molecular weight excluding hydrogens is 592 g/mol. The summed E-state index contributed by atoms with van der Waals surface area (Å²) in [5.74, 6) is -2.91. The lowest BCUT2D eigenvalue weighted by atomic mass is 9.33. The Bertz CT molecular complexity index is 1300. The first-order valence-electron chi connectivity index (χ1n) is 17.2. The Labute approximate surface area is 272 Å². The third kappa shape index (κ3) is 4.44. The van der Waals surface area contributed by atoms with Crippen LogP contribution >= 0.6 is 0 Å². The molecule has 0 aliphatic heterocycles. The number of rotatable bonds is 7. The maximum Gasteiger partial charge on any atom is 0.336 e. The number of aliphatic carboxylic acids is 2. The van der Waals surface area contributed by atoms with Crippen LogP contribution in [-0.2, 0) is 19.1 Å². The minimum absolute atomic E-state index is 0.0268. The third-order valence-electron chi connectivity index (χ3n) is 15.4. The molecule has 14 atom stereocenters. The average molecular weight is 649 g/mol. The van der Waals surface area contributed by atoms with Gasteiger partial charge in [-0.3, -0.25) is 9.59 Å². The van der Waals surface area contributed by atoms with Gasteiger partial charge in [-0.25, -0.2) is 4.79 Å². The zero-order valence-electron chi connectivity index (χ0n) is 28.6. The first kappa shape index (κ1) is 35.3. The summed E-state index contributed by atoms with van der Waals surface area (Å²) in [5, 5.41) is 63.2. The predicted molar refractivity (Wildman–Crippen MR) is 168 cm³/mol. The lowest BCUT2D eigenvalue weighted by Crippen LogP contribution is -2.69. The zero-order chi connectivity index (χ0) is 34.4. The standard InChI is InChI=1S/C36H56O10/c1-19-10-13-36(30(44)45)15-14-34(6)21(25(36)20(19)2)8-9-24-31(3)16-22(39)27(32(4,17-37)23(31)11-12-35(24,34)7)46-28(41)26(40)33(5,18-38)29(42)43/h8,19-20,22-27,37-40H,9-18H2,1-7H3,(H,42,43)(H,44,45)/t19-,20+,22-,23-,24-,25+,26?,27+,31+,32+,33?,34-,35-,36+/m1/s1. The second kappa shape index (κ2) is 11.3. The van der Waals surface area contributed by atoms with Crippen molar-refractivity contribution in [3.63, 3.8) is 0 Å². The maximum absolute atomic E-state index is 13.1. The quantitative estimate of drug-likeness (QED) is 0.174. The minimum atomic E-state index is -2.19. The van der Waals surface area contributed by atoms with Gasteiger partial charge in [0.1, 0.15) is 11.5 Å². The van der Waals surface area contributed by atoms with E-state index >= 15 is 0 Å². The fourth-order valence-electron chi connectivity index (χ4n) is 11.9. The van der Waals surface area contributed by atoms with Gasteiger partial charge in [0.05, 0.1) is 24.7 Å². The summed E-state index contributed by atoms with van der Waals surface area (Å²) in [5.41, 5.74) is -3.64. The molecule has 4 fully saturated rings. The number of carbonyl (C=O) groups excluding carboxylic acids is 1. The van der Waals surface area contributed by atoms with Gasteiger partial charge in [0.25, 0.3) is 0 Å². The van der Waals surface area contributed by atoms with Crippen molar-refractivity contribution >= 4 is 17.9 Å². The van der Waals surface area contributed by atoms with Crippen LogP contribution in [0, 0.1) is 62.1 Å². The van der Waals surface area contributed by atoms with E-state index in [0.717, 1.165) is 32.6 Å². The van der Waals surface area contributed by atoms with Crippen LogP contribution in [0.15, 0.2) is 11.6 Å². The summed E-state index contributed by atoms with van der Waals surface area (Å²) in [7, 11) is 0. The molecule has 10 heteroatoms. The molecule has 46 heavy (non-hydrogen) atoms. The van der Waals surface area contributed by atoms with Crippen molar-refractivity contribution in [2.75, 3.05) is 13.2 Å². The second-order valence-electron chi connectivity index (χ2n) is 17.2. The van der Waals surface area contributed by atoms with Gasteiger partial charge in [-0.2, -0.15) is 0 Å². The number of fused-ring (bicyclic) bond motifs is 7. The van der Waals surface area contributed by atoms with E-state index in [-0.39, 0.29) is 40.9 Å². The van der Waals surface area contributed by atoms with Crippen LogP contribution in [0.5, 0.6) is 0 Å². The Kier molecular flexibility index (Phi) is 8.65. The van der Waals surface area contributed by atoms with Gasteiger partial charge in [-0.15, -0.1) is 0 Å². The van der Waals surface area contributed by atoms with Gasteiger partial charge in [0, 0.05) is 5.41 Å². The molecule has 260 valence electrons. The molecule has 0 aromatic rings. The van der Waals surface area contributed by atoms with E-state index in [1.54, 1.807) is 6.92 Å². The SMILES string of the molecule is C[C@H]1[C@H](C)CC[C@]2(C(=O)O)CC[C@]3(C)C(=CC[C@@H]4[C@@]5(C)C[C@@H](O)[C@H](OC(=O)C(O)C(C)(CO)C(=O)O)[C@@](C)(CO)[C@@H]5CC[C@]43C)[C@H]12. The van der Waals surface area contributed by atoms with E-state index in [1.807, 2.05) is 0 Å². The maximum atomic E-state index is 13.1. The molecule has 0 radical (unpaired) electrons. The van der Waals surface area contributed by atoms with E-state index in [1.165, 1.54) is 5.57 Å². The van der Waals surface area contributed by atoms with E-state index in [0.29, 0.717) is 25.2 Å². The molecule has 5 aliphatic carbocycles. The van der Waals surface area contributed by atoms with Crippen molar-refractivity contribution in [2.24, 2.45) is 62.1 Å². The van der Waals surface area contributed by atoms with Crippen LogP contribution in [-0.4, -0.2) is 80.1 Å². The number of carboxylic acid groups (broad SMARTS) is 2. The summed E-state index contributed by atoms with van der Waals surface area (Å²) in [6.45, 7) is 12.8. The molecule has 0 aromatic heterocycles. The van der Waals surface area contributed by atoms with Gasteiger partial charge in [0.15, 0.2) is 6.10 Å². The van der Waals surface area contributed by atoms with Crippen molar-refractivity contribution < 1.29 is 49.8 Å². The molecular formula is C36H56O10. The fourth-order valence-corrected chi connectivity index (χ4v) is 11.9. The topological polar surface area (TPSA) is 182 Å². The summed E-state index contributed by atoms with van der Waals surface area (Å²) >= 11 is 0. The van der Waals surface area contributed by atoms with Crippen molar-refractivity contribution in [3.8, 4) is 0 Å². The fraction of sp³-hybridized carbons (Fsp3) is 0.861. The molecule has 4 saturated carbocycles. The molecule has 5 rings (SSSR count). The lowest BCUT2D eigenvalue weighted by molar-refractivity contribution is -0.254. The largest absolute Gasteiger partial charge is 0.481 e. The highest BCUT2D eigenvalue weighted by atomic mass is 16.6. The van der Waals surface area contributed by atoms with Crippen molar-refractivity contribution in [1.29, 1.82) is 0 Å². The van der Waals surface area contributed by atoms with Crippen LogP contribution in [0.3, 0.4) is 0 Å². The lowest BCUT2D eigenvalue weighted by Gasteiger charge is -2.71. The first-order valence-corrected chi connectivity index (χ1v) is 17.2. The molecule has 0 amide bonds. The summed E-state index contributed by atoms with van der Waals surface area (Å²) in [6.07, 6.45) is 3.34. The number of carbonyl (C=O) groups is 3. The molecule has 10 nitrogen and oxygen atoms in total. The van der Waals surface area contributed by atoms with Crippen molar-refractivity contribution in [1.82, 2.24) is 0 Å². The van der Waals surface area contributed by atoms with Gasteiger partial charge < -0.3 is 35.4 Å². The Hall–Kier alpha value is -2.01. The van der Waals surface area contributed by atoms with E-state index in [2.05, 4.69) is 40.7 Å². The number of allylic oxidation sites excluding steroid dienone is 2. The van der Waals surface area contributed by atoms with Gasteiger partial charge in [-0.1, -0.05) is 53.2 Å². The van der Waals surface area contributed by atoms with Crippen LogP contribution in [0.2, 0.25) is 0 Å². The molecule has 0 saturated heterocycles. The predicted octanol–water partition coefficient (Wildman–Crippen LogP) is 4.03. The van der Waals surface area contributed by atoms with Gasteiger partial charge in [0.2, 0.25) is 0 Å². The van der Waals surface area contributed by atoms with Crippen LogP contribution in [0.4, 0.5) is 0 Å². The molecule has 5 aliphatic rings. The number of esters is 1. The van der Waals surface area contributed by atoms with E-state index < -0.39 is 71.1 Å². The zero-order valence-corrected chi connectivity index (χ0v) is 28.6. The van der Waals surface area contributed by atoms with Crippen LogP contribution in [0.25, 0.3) is 0 Å². The molecule has 0 aromatic carbocycles. The Morgan fingerprint density at radius 3 is 2.22 bits per heavy atom. The Morgan fingerprint density at radius 1 is 1.00 bits per heavy atom. The number of hydrogen-bond acceptors (Lipinski definition) is 8. The van der Waals surface area contributed by atoms with Gasteiger partial charge >= 0.3 is 17.9 Å². The number of aliphatic hydroxyl groups is 4. The number of ether oxygens (including phenoxy) is 1. The van der Waals surface area contributed by atoms with Crippen molar-refractivity contribution in [2.45, 2.75) is 118 Å². The molecule has 2 unspecified atom stereocenters. The molecule has 0 heterocycles. The third-order valence-corrected chi connectivity index (χ3v) is 15.4. The van der Waals surface area contributed by atoms with Gasteiger partial charge in [-0.05, 0) is 104 Å². The normalized spacial score (nSPS) is 48.7. The summed E-state index contributed by atoms with van der Waals surface area (Å²) in [4.78, 5) is 37.9. The number of hydrogen-bond donors (Lipinski definition) is 6. The summed E-state index contributed by atoms with van der Waals surface area (Å²) in [6, 6.07) is 0. The Balaban J connectivity index is 1.51. The van der Waals surface area contributed by atoms with Crippen LogP contribution in [0.1, 0.15) is 99.8 Å². The molecule has 0 bridgehead atoms. The highest BCUT2D eigenvalue weighted by molar-refractivity contribution is 5.86. The van der Waals surface area contributed by atoms with Crippen LogP contribution < -0.4 is 0 Å². The second-order valence-corrected chi connectivity index (χ2v) is 17.2. The highest BCUT2D eigenvalue weighted by Gasteiger charge is 2.71. The molecule has 0 spiro atoms.